The third kappa shape index (κ3) is 6.69. The Morgan fingerprint density at radius 2 is 1.80 bits per heavy atom. The van der Waals surface area contributed by atoms with Crippen LogP contribution < -0.4 is 5.73 Å². The maximum Gasteiger partial charge on any atom is 0.217 e. The highest BCUT2D eigenvalue weighted by Crippen LogP contribution is 2.06. The van der Waals surface area contributed by atoms with Gasteiger partial charge < -0.3 is 10.8 Å². The second-order valence-corrected chi connectivity index (χ2v) is 3.31. The zero-order valence-corrected chi connectivity index (χ0v) is 9.36. The highest BCUT2D eigenvalue weighted by atomic mass is 16.2. The van der Waals surface area contributed by atoms with E-state index >= 15 is 0 Å². The van der Waals surface area contributed by atoms with Crippen molar-refractivity contribution in [3.8, 4) is 0 Å². The Morgan fingerprint density at radius 3 is 2.27 bits per heavy atom. The second-order valence-electron chi connectivity index (χ2n) is 3.31. The SMILES string of the molecule is CO.Cc1ccc(CCCC(N)=O)cc1. The van der Waals surface area contributed by atoms with Crippen LogP contribution in [0.2, 0.25) is 0 Å². The number of hydrogen-bond donors (Lipinski definition) is 2. The van der Waals surface area contributed by atoms with Gasteiger partial charge in [0.1, 0.15) is 0 Å². The molecule has 0 aliphatic heterocycles. The van der Waals surface area contributed by atoms with E-state index in [1.807, 2.05) is 0 Å². The highest BCUT2D eigenvalue weighted by Gasteiger charge is 1.96. The maximum atomic E-state index is 10.5. The van der Waals surface area contributed by atoms with Crippen molar-refractivity contribution in [1.29, 1.82) is 0 Å². The molecule has 0 heterocycles. The molecule has 0 unspecified atom stereocenters. The van der Waals surface area contributed by atoms with Crippen LogP contribution >= 0.6 is 0 Å². The van der Waals surface area contributed by atoms with Gasteiger partial charge in [0, 0.05) is 13.5 Å². The van der Waals surface area contributed by atoms with Crippen molar-refractivity contribution < 1.29 is 9.90 Å². The number of aliphatic hydroxyl groups excluding tert-OH is 1. The molecular weight excluding hydrogens is 190 g/mol. The first-order valence-electron chi connectivity index (χ1n) is 4.97. The van der Waals surface area contributed by atoms with Crippen LogP contribution in [-0.2, 0) is 11.2 Å². The fourth-order valence-electron chi connectivity index (χ4n) is 1.22. The third-order valence-corrected chi connectivity index (χ3v) is 2.01. The minimum Gasteiger partial charge on any atom is -0.400 e. The zero-order chi connectivity index (χ0) is 11.7. The summed E-state index contributed by atoms with van der Waals surface area (Å²) < 4.78 is 0. The van der Waals surface area contributed by atoms with Gasteiger partial charge in [-0.3, -0.25) is 4.79 Å². The first kappa shape index (κ1) is 13.7. The van der Waals surface area contributed by atoms with E-state index in [4.69, 9.17) is 10.8 Å². The highest BCUT2D eigenvalue weighted by molar-refractivity contribution is 5.73. The molecule has 1 aromatic carbocycles. The standard InChI is InChI=1S/C11H15NO.CH4O/c1-9-5-7-10(8-6-9)3-2-4-11(12)13;1-2/h5-8H,2-4H2,1H3,(H2,12,13);2H,1H3. The molecule has 0 spiro atoms. The molecule has 1 aromatic rings. The minimum absolute atomic E-state index is 0.216. The summed E-state index contributed by atoms with van der Waals surface area (Å²) in [6.45, 7) is 2.06. The lowest BCUT2D eigenvalue weighted by molar-refractivity contribution is -0.118. The van der Waals surface area contributed by atoms with Gasteiger partial charge in [0.2, 0.25) is 5.91 Å². The molecule has 0 aliphatic rings. The predicted octanol–water partition coefficient (Wildman–Crippen LogP) is 1.41. The summed E-state index contributed by atoms with van der Waals surface area (Å²) in [5, 5.41) is 7.00. The fraction of sp³-hybridized carbons (Fsp3) is 0.417. The van der Waals surface area contributed by atoms with Crippen LogP contribution in [0.4, 0.5) is 0 Å². The van der Waals surface area contributed by atoms with E-state index in [0.717, 1.165) is 20.0 Å². The molecule has 0 saturated heterocycles. The lowest BCUT2D eigenvalue weighted by Gasteiger charge is -2.00. The normalized spacial score (nSPS) is 9.00. The van der Waals surface area contributed by atoms with Crippen molar-refractivity contribution in [2.45, 2.75) is 26.2 Å². The smallest absolute Gasteiger partial charge is 0.217 e. The first-order valence-corrected chi connectivity index (χ1v) is 4.97. The molecule has 0 radical (unpaired) electrons. The van der Waals surface area contributed by atoms with Gasteiger partial charge in [-0.05, 0) is 25.3 Å². The first-order chi connectivity index (χ1) is 7.18. The molecule has 0 bridgehead atoms. The summed E-state index contributed by atoms with van der Waals surface area (Å²) in [6, 6.07) is 8.35. The summed E-state index contributed by atoms with van der Waals surface area (Å²) in [5.74, 6) is -0.216. The molecule has 1 amide bonds. The van der Waals surface area contributed by atoms with Crippen LogP contribution in [0.25, 0.3) is 0 Å². The Bertz CT molecular complexity index is 280. The average molecular weight is 209 g/mol. The van der Waals surface area contributed by atoms with Gasteiger partial charge in [-0.25, -0.2) is 0 Å². The molecule has 0 aliphatic carbocycles. The van der Waals surface area contributed by atoms with Gasteiger partial charge in [-0.2, -0.15) is 0 Å². The number of aliphatic hydroxyl groups is 1. The van der Waals surface area contributed by atoms with Gasteiger partial charge in [-0.15, -0.1) is 0 Å². The van der Waals surface area contributed by atoms with Crippen LogP contribution in [0.5, 0.6) is 0 Å². The number of benzene rings is 1. The number of amides is 1. The molecule has 15 heavy (non-hydrogen) atoms. The summed E-state index contributed by atoms with van der Waals surface area (Å²) in [4.78, 5) is 10.5. The predicted molar refractivity (Wildman–Crippen MR) is 61.5 cm³/mol. The van der Waals surface area contributed by atoms with Crippen LogP contribution in [-0.4, -0.2) is 18.1 Å². The van der Waals surface area contributed by atoms with E-state index < -0.39 is 0 Å². The Balaban J connectivity index is 0.000000921. The Morgan fingerprint density at radius 1 is 1.27 bits per heavy atom. The summed E-state index contributed by atoms with van der Waals surface area (Å²) in [6.07, 6.45) is 2.26. The zero-order valence-electron chi connectivity index (χ0n) is 9.36. The lowest BCUT2D eigenvalue weighted by Crippen LogP contribution is -2.10. The summed E-state index contributed by atoms with van der Waals surface area (Å²) in [7, 11) is 1.00. The second kappa shape index (κ2) is 8.00. The van der Waals surface area contributed by atoms with Crippen molar-refractivity contribution in [2.24, 2.45) is 5.73 Å². The van der Waals surface area contributed by atoms with Gasteiger partial charge in [0.05, 0.1) is 0 Å². The molecule has 0 atom stereocenters. The monoisotopic (exact) mass is 209 g/mol. The fourth-order valence-corrected chi connectivity index (χ4v) is 1.22. The molecule has 1 rings (SSSR count). The van der Waals surface area contributed by atoms with Crippen LogP contribution in [0.3, 0.4) is 0 Å². The number of carbonyl (C=O) groups is 1. The van der Waals surface area contributed by atoms with Crippen molar-refractivity contribution in [3.63, 3.8) is 0 Å². The van der Waals surface area contributed by atoms with E-state index in [0.29, 0.717) is 6.42 Å². The number of hydrogen-bond acceptors (Lipinski definition) is 2. The van der Waals surface area contributed by atoms with Gasteiger partial charge in [-0.1, -0.05) is 29.8 Å². The van der Waals surface area contributed by atoms with Crippen LogP contribution in [0.15, 0.2) is 24.3 Å². The minimum atomic E-state index is -0.216. The van der Waals surface area contributed by atoms with Crippen LogP contribution in [0.1, 0.15) is 24.0 Å². The number of primary amides is 1. The quantitative estimate of drug-likeness (QED) is 0.787. The van der Waals surface area contributed by atoms with E-state index in [1.54, 1.807) is 0 Å². The molecule has 3 N–H and O–H groups in total. The molecular formula is C12H19NO2. The Labute approximate surface area is 90.9 Å². The average Bonchev–Trinajstić information content (AvgIpc) is 2.23. The van der Waals surface area contributed by atoms with Crippen molar-refractivity contribution in [1.82, 2.24) is 0 Å². The summed E-state index contributed by atoms with van der Waals surface area (Å²) >= 11 is 0. The number of carbonyl (C=O) groups excluding carboxylic acids is 1. The van der Waals surface area contributed by atoms with Crippen LogP contribution in [0, 0.1) is 6.92 Å². The summed E-state index contributed by atoms with van der Waals surface area (Å²) in [5.41, 5.74) is 7.57. The molecule has 84 valence electrons. The van der Waals surface area contributed by atoms with Crippen molar-refractivity contribution in [2.75, 3.05) is 7.11 Å². The molecule has 0 fully saturated rings. The largest absolute Gasteiger partial charge is 0.400 e. The van der Waals surface area contributed by atoms with Gasteiger partial charge in [0.25, 0.3) is 0 Å². The molecule has 0 aromatic heterocycles. The number of aryl methyl sites for hydroxylation is 2. The maximum absolute atomic E-state index is 10.5. The van der Waals surface area contributed by atoms with Crippen molar-refractivity contribution >= 4 is 5.91 Å². The van der Waals surface area contributed by atoms with E-state index in [-0.39, 0.29) is 5.91 Å². The molecule has 3 heteroatoms. The van der Waals surface area contributed by atoms with E-state index in [9.17, 15) is 4.79 Å². The van der Waals surface area contributed by atoms with E-state index in [2.05, 4.69) is 31.2 Å². The lowest BCUT2D eigenvalue weighted by atomic mass is 10.1. The molecule has 3 nitrogen and oxygen atoms in total. The Kier molecular flexibility index (Phi) is 7.28. The number of nitrogens with two attached hydrogens (primary N) is 1. The third-order valence-electron chi connectivity index (χ3n) is 2.01. The topological polar surface area (TPSA) is 63.3 Å². The molecule has 0 saturated carbocycles. The van der Waals surface area contributed by atoms with Gasteiger partial charge in [0.15, 0.2) is 0 Å². The Hall–Kier alpha value is -1.35. The van der Waals surface area contributed by atoms with Gasteiger partial charge >= 0.3 is 0 Å². The number of rotatable bonds is 4. The van der Waals surface area contributed by atoms with E-state index in [1.165, 1.54) is 11.1 Å². The van der Waals surface area contributed by atoms with Crippen molar-refractivity contribution in [3.05, 3.63) is 35.4 Å².